The Labute approximate surface area is 155 Å². The van der Waals surface area contributed by atoms with Crippen molar-refractivity contribution in [3.63, 3.8) is 0 Å². The van der Waals surface area contributed by atoms with Gasteiger partial charge in [0.15, 0.2) is 9.84 Å². The molecule has 0 spiro atoms. The van der Waals surface area contributed by atoms with E-state index in [1.807, 2.05) is 19.1 Å². The Morgan fingerprint density at radius 3 is 2.54 bits per heavy atom. The van der Waals surface area contributed by atoms with E-state index in [-0.39, 0.29) is 23.0 Å². The summed E-state index contributed by atoms with van der Waals surface area (Å²) < 4.78 is 24.0. The van der Waals surface area contributed by atoms with Crippen LogP contribution >= 0.6 is 0 Å². The third-order valence-corrected chi connectivity index (χ3v) is 7.09. The van der Waals surface area contributed by atoms with Crippen LogP contribution in [-0.4, -0.2) is 48.8 Å². The summed E-state index contributed by atoms with van der Waals surface area (Å²) in [6, 6.07) is 6.46. The molecular weight excluding hydrogens is 354 g/mol. The third-order valence-electron chi connectivity index (χ3n) is 4.76. The number of hydrogen-bond acceptors (Lipinski definition) is 4. The maximum absolute atomic E-state index is 12.3. The molecule has 7 nitrogen and oxygen atoms in total. The monoisotopic (exact) mass is 381 g/mol. The van der Waals surface area contributed by atoms with Crippen LogP contribution in [0.15, 0.2) is 24.3 Å². The van der Waals surface area contributed by atoms with E-state index in [4.69, 9.17) is 0 Å². The molecule has 0 bridgehead atoms. The topological polar surface area (TPSA) is 95.6 Å². The molecule has 0 radical (unpaired) electrons. The minimum atomic E-state index is -3.15. The Morgan fingerprint density at radius 1 is 1.23 bits per heavy atom. The van der Waals surface area contributed by atoms with Crippen LogP contribution in [0.2, 0.25) is 0 Å². The summed E-state index contributed by atoms with van der Waals surface area (Å²) in [5, 5.41) is 5.18. The highest BCUT2D eigenvalue weighted by atomic mass is 32.2. The number of nitrogens with one attached hydrogen (secondary N) is 2. The molecule has 1 aromatic rings. The SMILES string of the molecule is CCN(Cc1ccccc1NC(=O)NC1CCC(C)S(=O)(=O)C1)C(C)=O. The molecule has 2 unspecified atom stereocenters. The van der Waals surface area contributed by atoms with Gasteiger partial charge in [0.05, 0.1) is 11.0 Å². The number of rotatable bonds is 5. The van der Waals surface area contributed by atoms with Crippen molar-refractivity contribution in [3.05, 3.63) is 29.8 Å². The molecule has 1 fully saturated rings. The number of amides is 3. The maximum atomic E-state index is 12.3. The minimum absolute atomic E-state index is 0.0306. The highest BCUT2D eigenvalue weighted by Gasteiger charge is 2.31. The van der Waals surface area contributed by atoms with Crippen molar-refractivity contribution in [2.24, 2.45) is 0 Å². The molecule has 2 atom stereocenters. The van der Waals surface area contributed by atoms with Crippen molar-refractivity contribution in [3.8, 4) is 0 Å². The summed E-state index contributed by atoms with van der Waals surface area (Å²) >= 11 is 0. The van der Waals surface area contributed by atoms with Crippen LogP contribution in [0.1, 0.15) is 39.2 Å². The second-order valence-electron chi connectivity index (χ2n) is 6.70. The predicted molar refractivity (Wildman–Crippen MR) is 102 cm³/mol. The average Bonchev–Trinajstić information content (AvgIpc) is 2.56. The van der Waals surface area contributed by atoms with Gasteiger partial charge in [0.2, 0.25) is 5.91 Å². The first-order valence-corrected chi connectivity index (χ1v) is 10.6. The van der Waals surface area contributed by atoms with Crippen LogP contribution in [0, 0.1) is 0 Å². The second-order valence-corrected chi connectivity index (χ2v) is 9.17. The van der Waals surface area contributed by atoms with E-state index in [9.17, 15) is 18.0 Å². The van der Waals surface area contributed by atoms with E-state index in [0.29, 0.717) is 31.6 Å². The van der Waals surface area contributed by atoms with E-state index in [1.165, 1.54) is 6.92 Å². The van der Waals surface area contributed by atoms with Gasteiger partial charge in [-0.2, -0.15) is 0 Å². The lowest BCUT2D eigenvalue weighted by Gasteiger charge is -2.27. The van der Waals surface area contributed by atoms with Crippen LogP contribution in [0.5, 0.6) is 0 Å². The lowest BCUT2D eigenvalue weighted by Crippen LogP contribution is -2.47. The first-order valence-electron chi connectivity index (χ1n) is 8.85. The van der Waals surface area contributed by atoms with Crippen molar-refractivity contribution in [2.75, 3.05) is 17.6 Å². The number of hydrogen-bond donors (Lipinski definition) is 2. The molecule has 1 heterocycles. The molecule has 1 saturated heterocycles. The molecule has 1 aliphatic rings. The van der Waals surface area contributed by atoms with E-state index < -0.39 is 15.9 Å². The summed E-state index contributed by atoms with van der Waals surface area (Å²) in [7, 11) is -3.15. The zero-order valence-corrected chi connectivity index (χ0v) is 16.3. The molecule has 8 heteroatoms. The second kappa shape index (κ2) is 8.53. The molecule has 0 aliphatic carbocycles. The predicted octanol–water partition coefficient (Wildman–Crippen LogP) is 2.14. The highest BCUT2D eigenvalue weighted by Crippen LogP contribution is 2.20. The Balaban J connectivity index is 2.02. The Morgan fingerprint density at radius 2 is 1.92 bits per heavy atom. The number of carbonyl (C=O) groups is 2. The smallest absolute Gasteiger partial charge is 0.319 e. The molecule has 1 aromatic carbocycles. The number of urea groups is 1. The maximum Gasteiger partial charge on any atom is 0.319 e. The largest absolute Gasteiger partial charge is 0.339 e. The molecule has 1 aliphatic heterocycles. The van der Waals surface area contributed by atoms with Crippen molar-refractivity contribution >= 4 is 27.5 Å². The van der Waals surface area contributed by atoms with E-state index in [0.717, 1.165) is 5.56 Å². The van der Waals surface area contributed by atoms with Gasteiger partial charge >= 0.3 is 6.03 Å². The molecule has 0 saturated carbocycles. The van der Waals surface area contributed by atoms with Crippen LogP contribution in [0.3, 0.4) is 0 Å². The van der Waals surface area contributed by atoms with Gasteiger partial charge in [0.25, 0.3) is 0 Å². The highest BCUT2D eigenvalue weighted by molar-refractivity contribution is 7.92. The first kappa shape index (κ1) is 20.2. The van der Waals surface area contributed by atoms with Gasteiger partial charge in [0.1, 0.15) is 0 Å². The number of para-hydroxylation sites is 1. The van der Waals surface area contributed by atoms with Crippen LogP contribution in [0.25, 0.3) is 0 Å². The zero-order valence-electron chi connectivity index (χ0n) is 15.5. The van der Waals surface area contributed by atoms with Crippen molar-refractivity contribution in [1.82, 2.24) is 10.2 Å². The van der Waals surface area contributed by atoms with Gasteiger partial charge in [-0.25, -0.2) is 13.2 Å². The normalized spacial score (nSPS) is 21.7. The van der Waals surface area contributed by atoms with Crippen LogP contribution < -0.4 is 10.6 Å². The van der Waals surface area contributed by atoms with Crippen molar-refractivity contribution in [1.29, 1.82) is 0 Å². The molecule has 3 amide bonds. The fraction of sp³-hybridized carbons (Fsp3) is 0.556. The Bertz CT molecular complexity index is 763. The molecule has 2 N–H and O–H groups in total. The van der Waals surface area contributed by atoms with Gasteiger partial charge in [-0.15, -0.1) is 0 Å². The summed E-state index contributed by atoms with van der Waals surface area (Å²) in [5.74, 6) is -0.0646. The van der Waals surface area contributed by atoms with E-state index >= 15 is 0 Å². The van der Waals surface area contributed by atoms with Crippen molar-refractivity contribution in [2.45, 2.75) is 51.4 Å². The number of carbonyl (C=O) groups excluding carboxylic acids is 2. The number of nitrogens with zero attached hydrogens (tertiary/aromatic N) is 1. The molecule has 144 valence electrons. The van der Waals surface area contributed by atoms with Crippen LogP contribution in [0.4, 0.5) is 10.5 Å². The molecular formula is C18H27N3O4S. The minimum Gasteiger partial charge on any atom is -0.339 e. The molecule has 2 rings (SSSR count). The first-order chi connectivity index (χ1) is 12.2. The fourth-order valence-electron chi connectivity index (χ4n) is 3.03. The Hall–Kier alpha value is -2.09. The van der Waals surface area contributed by atoms with Gasteiger partial charge in [0, 0.05) is 31.7 Å². The molecule has 26 heavy (non-hydrogen) atoms. The number of benzene rings is 1. The fourth-order valence-corrected chi connectivity index (χ4v) is 4.67. The van der Waals surface area contributed by atoms with Gasteiger partial charge in [-0.05, 0) is 38.3 Å². The summed E-state index contributed by atoms with van der Waals surface area (Å²) in [4.78, 5) is 25.6. The lowest BCUT2D eigenvalue weighted by atomic mass is 10.1. The quantitative estimate of drug-likeness (QED) is 0.817. The van der Waals surface area contributed by atoms with Gasteiger partial charge in [-0.1, -0.05) is 18.2 Å². The lowest BCUT2D eigenvalue weighted by molar-refractivity contribution is -0.129. The van der Waals surface area contributed by atoms with Gasteiger partial charge < -0.3 is 15.5 Å². The number of anilines is 1. The molecule has 0 aromatic heterocycles. The summed E-state index contributed by atoms with van der Waals surface area (Å²) in [6.45, 7) is 6.09. The summed E-state index contributed by atoms with van der Waals surface area (Å²) in [5.41, 5.74) is 1.43. The third kappa shape index (κ3) is 5.20. The standard InChI is InChI=1S/C18H27N3O4S/c1-4-21(14(3)22)11-15-7-5-6-8-17(15)20-18(23)19-16-10-9-13(2)26(24,25)12-16/h5-8,13,16H,4,9-12H2,1-3H3,(H2,19,20,23). The Kier molecular flexibility index (Phi) is 6.63. The van der Waals surface area contributed by atoms with E-state index in [2.05, 4.69) is 10.6 Å². The average molecular weight is 381 g/mol. The zero-order chi connectivity index (χ0) is 19.3. The van der Waals surface area contributed by atoms with Gasteiger partial charge in [-0.3, -0.25) is 4.79 Å². The number of sulfone groups is 1. The van der Waals surface area contributed by atoms with Crippen molar-refractivity contribution < 1.29 is 18.0 Å². The summed E-state index contributed by atoms with van der Waals surface area (Å²) in [6.07, 6.45) is 1.19. The van der Waals surface area contributed by atoms with E-state index in [1.54, 1.807) is 24.0 Å². The van der Waals surface area contributed by atoms with Crippen LogP contribution in [-0.2, 0) is 21.2 Å².